The number of nitrogens with zero attached hydrogens (tertiary/aromatic N) is 1. The molecule has 7 heteroatoms. The Hall–Kier alpha value is -2.80. The summed E-state index contributed by atoms with van der Waals surface area (Å²) in [6.45, 7) is 2.37. The number of carbonyl (C=O) groups is 2. The van der Waals surface area contributed by atoms with Gasteiger partial charge in [0, 0.05) is 4.47 Å². The van der Waals surface area contributed by atoms with E-state index in [0.717, 1.165) is 0 Å². The molecule has 0 atom stereocenters. The van der Waals surface area contributed by atoms with Crippen LogP contribution < -0.4 is 19.9 Å². The van der Waals surface area contributed by atoms with Crippen molar-refractivity contribution < 1.29 is 19.1 Å². The summed E-state index contributed by atoms with van der Waals surface area (Å²) in [4.78, 5) is 25.0. The van der Waals surface area contributed by atoms with E-state index in [0.29, 0.717) is 33.8 Å². The Morgan fingerprint density at radius 3 is 2.54 bits per heavy atom. The summed E-state index contributed by atoms with van der Waals surface area (Å²) >= 11 is 3.45. The Labute approximate surface area is 159 Å². The molecule has 6 nitrogen and oxygen atoms in total. The third-order valence-electron chi connectivity index (χ3n) is 3.79. The minimum Gasteiger partial charge on any atom is -0.493 e. The van der Waals surface area contributed by atoms with Crippen molar-refractivity contribution in [3.05, 3.63) is 58.1 Å². The van der Waals surface area contributed by atoms with Gasteiger partial charge in [0.05, 0.1) is 19.4 Å². The van der Waals surface area contributed by atoms with Gasteiger partial charge in [0.25, 0.3) is 11.8 Å². The van der Waals surface area contributed by atoms with E-state index in [9.17, 15) is 9.59 Å². The average Bonchev–Trinajstić information content (AvgIpc) is 2.93. The number of rotatable bonds is 5. The second kappa shape index (κ2) is 7.61. The molecule has 0 aliphatic carbocycles. The molecule has 1 aliphatic heterocycles. The van der Waals surface area contributed by atoms with Gasteiger partial charge in [-0.15, -0.1) is 0 Å². The van der Waals surface area contributed by atoms with Crippen LogP contribution in [0.1, 0.15) is 12.5 Å². The Balaban J connectivity index is 1.97. The fraction of sp³-hybridized carbons (Fsp3) is 0.158. The molecule has 0 radical (unpaired) electrons. The standard InChI is InChI=1S/C19H17BrN2O4/c1-3-26-17-11-15(20)12(10-16(17)25-2)9-14-18(23)21-22(19(14)24)13-7-5-4-6-8-13/h4-11H,3H2,1-2H3,(H,21,23)/b14-9-. The molecule has 1 saturated heterocycles. The van der Waals surface area contributed by atoms with Crippen LogP contribution >= 0.6 is 15.9 Å². The summed E-state index contributed by atoms with van der Waals surface area (Å²) in [7, 11) is 1.53. The number of benzene rings is 2. The summed E-state index contributed by atoms with van der Waals surface area (Å²) in [5, 5.41) is 1.23. The fourth-order valence-electron chi connectivity index (χ4n) is 2.56. The van der Waals surface area contributed by atoms with Gasteiger partial charge >= 0.3 is 0 Å². The Morgan fingerprint density at radius 1 is 1.15 bits per heavy atom. The molecule has 1 aliphatic rings. The van der Waals surface area contributed by atoms with Crippen molar-refractivity contribution in [2.75, 3.05) is 18.7 Å². The number of amides is 2. The summed E-state index contributed by atoms with van der Waals surface area (Å²) < 4.78 is 11.5. The average molecular weight is 417 g/mol. The number of carbonyl (C=O) groups excluding carboxylic acids is 2. The zero-order valence-corrected chi connectivity index (χ0v) is 15.9. The predicted octanol–water partition coefficient (Wildman–Crippen LogP) is 3.32. The van der Waals surface area contributed by atoms with E-state index in [1.54, 1.807) is 36.4 Å². The molecule has 1 fully saturated rings. The minimum absolute atomic E-state index is 0.0424. The van der Waals surface area contributed by atoms with Crippen LogP contribution in [0.4, 0.5) is 5.69 Å². The van der Waals surface area contributed by atoms with E-state index in [2.05, 4.69) is 21.4 Å². The Bertz CT molecular complexity index is 881. The molecule has 2 amide bonds. The first kappa shape index (κ1) is 18.0. The number of ether oxygens (including phenoxy) is 2. The van der Waals surface area contributed by atoms with Crippen LogP contribution in [0.15, 0.2) is 52.5 Å². The van der Waals surface area contributed by atoms with Crippen molar-refractivity contribution in [3.63, 3.8) is 0 Å². The highest BCUT2D eigenvalue weighted by Crippen LogP contribution is 2.35. The number of hydrazine groups is 1. The number of nitrogens with one attached hydrogen (secondary N) is 1. The molecule has 0 unspecified atom stereocenters. The molecule has 0 spiro atoms. The predicted molar refractivity (Wildman–Crippen MR) is 102 cm³/mol. The minimum atomic E-state index is -0.460. The maximum Gasteiger partial charge on any atom is 0.282 e. The molecular formula is C19H17BrN2O4. The van der Waals surface area contributed by atoms with Gasteiger partial charge in [-0.2, -0.15) is 0 Å². The van der Waals surface area contributed by atoms with Crippen molar-refractivity contribution in [2.45, 2.75) is 6.92 Å². The van der Waals surface area contributed by atoms with E-state index < -0.39 is 11.8 Å². The highest BCUT2D eigenvalue weighted by Gasteiger charge is 2.34. The third kappa shape index (κ3) is 3.43. The molecule has 3 rings (SSSR count). The monoisotopic (exact) mass is 416 g/mol. The highest BCUT2D eigenvalue weighted by atomic mass is 79.9. The summed E-state index contributed by atoms with van der Waals surface area (Å²) in [6.07, 6.45) is 1.53. The van der Waals surface area contributed by atoms with Gasteiger partial charge in [-0.3, -0.25) is 15.0 Å². The summed E-state index contributed by atoms with van der Waals surface area (Å²) in [6, 6.07) is 12.4. The van der Waals surface area contributed by atoms with Gasteiger partial charge in [0.1, 0.15) is 5.57 Å². The topological polar surface area (TPSA) is 67.9 Å². The van der Waals surface area contributed by atoms with Gasteiger partial charge < -0.3 is 9.47 Å². The van der Waals surface area contributed by atoms with Gasteiger partial charge in [0.2, 0.25) is 0 Å². The van der Waals surface area contributed by atoms with Gasteiger partial charge in [0.15, 0.2) is 11.5 Å². The zero-order valence-electron chi connectivity index (χ0n) is 14.3. The second-order valence-electron chi connectivity index (χ2n) is 5.43. The van der Waals surface area contributed by atoms with Crippen LogP contribution in [0.3, 0.4) is 0 Å². The second-order valence-corrected chi connectivity index (χ2v) is 6.29. The molecule has 26 heavy (non-hydrogen) atoms. The number of anilines is 1. The van der Waals surface area contributed by atoms with Crippen molar-refractivity contribution in [2.24, 2.45) is 0 Å². The Kier molecular flexibility index (Phi) is 5.27. The third-order valence-corrected chi connectivity index (χ3v) is 4.48. The van der Waals surface area contributed by atoms with Crippen LogP contribution in [0.25, 0.3) is 6.08 Å². The molecule has 0 aromatic heterocycles. The lowest BCUT2D eigenvalue weighted by Crippen LogP contribution is -2.35. The molecule has 0 saturated carbocycles. The number of hydrogen-bond acceptors (Lipinski definition) is 4. The van der Waals surface area contributed by atoms with Crippen molar-refractivity contribution >= 4 is 39.5 Å². The number of halogens is 1. The molecule has 0 bridgehead atoms. The van der Waals surface area contributed by atoms with E-state index in [-0.39, 0.29) is 5.57 Å². The molecule has 1 heterocycles. The van der Waals surface area contributed by atoms with Crippen LogP contribution in [-0.2, 0) is 9.59 Å². The highest BCUT2D eigenvalue weighted by molar-refractivity contribution is 9.10. The van der Waals surface area contributed by atoms with Crippen LogP contribution in [0, 0.1) is 0 Å². The van der Waals surface area contributed by atoms with E-state index in [1.165, 1.54) is 18.2 Å². The van der Waals surface area contributed by atoms with Crippen molar-refractivity contribution in [3.8, 4) is 11.5 Å². The normalized spacial score (nSPS) is 15.3. The smallest absolute Gasteiger partial charge is 0.282 e. The fourth-order valence-corrected chi connectivity index (χ4v) is 3.00. The SMILES string of the molecule is CCOc1cc(Br)c(/C=C2/C(=O)NN(c3ccccc3)C2=O)cc1OC. The maximum atomic E-state index is 12.7. The maximum absolute atomic E-state index is 12.7. The largest absolute Gasteiger partial charge is 0.493 e. The lowest BCUT2D eigenvalue weighted by molar-refractivity contribution is -0.117. The van der Waals surface area contributed by atoms with Crippen molar-refractivity contribution in [1.29, 1.82) is 0 Å². The van der Waals surface area contributed by atoms with Crippen LogP contribution in [0.2, 0.25) is 0 Å². The summed E-state index contributed by atoms with van der Waals surface area (Å²) in [5.41, 5.74) is 3.85. The lowest BCUT2D eigenvalue weighted by atomic mass is 10.1. The first-order valence-corrected chi connectivity index (χ1v) is 8.77. The Morgan fingerprint density at radius 2 is 1.88 bits per heavy atom. The zero-order chi connectivity index (χ0) is 18.7. The molecular weight excluding hydrogens is 400 g/mol. The van der Waals surface area contributed by atoms with Gasteiger partial charge in [-0.1, -0.05) is 34.1 Å². The van der Waals surface area contributed by atoms with Crippen LogP contribution in [-0.4, -0.2) is 25.5 Å². The quantitative estimate of drug-likeness (QED) is 0.599. The summed E-state index contributed by atoms with van der Waals surface area (Å²) in [5.74, 6) is 0.226. The number of para-hydroxylation sites is 1. The number of hydrogen-bond donors (Lipinski definition) is 1. The number of methoxy groups -OCH3 is 1. The first-order chi connectivity index (χ1) is 12.5. The molecule has 134 valence electrons. The van der Waals surface area contributed by atoms with Crippen molar-refractivity contribution in [1.82, 2.24) is 5.43 Å². The van der Waals surface area contributed by atoms with E-state index >= 15 is 0 Å². The molecule has 1 N–H and O–H groups in total. The van der Waals surface area contributed by atoms with Gasteiger partial charge in [-0.05, 0) is 42.8 Å². The van der Waals surface area contributed by atoms with Gasteiger partial charge in [-0.25, -0.2) is 5.01 Å². The molecule has 2 aromatic carbocycles. The molecule has 2 aromatic rings. The first-order valence-electron chi connectivity index (χ1n) is 7.97. The lowest BCUT2D eigenvalue weighted by Gasteiger charge is -2.14. The van der Waals surface area contributed by atoms with E-state index in [1.807, 2.05) is 13.0 Å². The van der Waals surface area contributed by atoms with Crippen LogP contribution in [0.5, 0.6) is 11.5 Å². The van der Waals surface area contributed by atoms with E-state index in [4.69, 9.17) is 9.47 Å².